The first-order chi connectivity index (χ1) is 10.1. The van der Waals surface area contributed by atoms with E-state index >= 15 is 0 Å². The predicted molar refractivity (Wildman–Crippen MR) is 81.3 cm³/mol. The lowest BCUT2D eigenvalue weighted by Crippen LogP contribution is -2.44. The summed E-state index contributed by atoms with van der Waals surface area (Å²) in [6.07, 6.45) is 2.11. The fraction of sp³-hybridized carbons (Fsp3) is 0.533. The Labute approximate surface area is 128 Å². The molecule has 0 radical (unpaired) electrons. The Morgan fingerprint density at radius 1 is 1.38 bits per heavy atom. The fourth-order valence-corrected chi connectivity index (χ4v) is 3.26. The van der Waals surface area contributed by atoms with E-state index < -0.39 is 0 Å². The molecule has 0 spiro atoms. The summed E-state index contributed by atoms with van der Waals surface area (Å²) in [4.78, 5) is 38.1. The van der Waals surface area contributed by atoms with Crippen LogP contribution in [0.1, 0.15) is 35.4 Å². The van der Waals surface area contributed by atoms with Crippen LogP contribution in [0.4, 0.5) is 0 Å². The number of thiophene rings is 1. The van der Waals surface area contributed by atoms with E-state index in [1.54, 1.807) is 18.0 Å². The third-order valence-electron chi connectivity index (χ3n) is 3.75. The number of rotatable bonds is 5. The Morgan fingerprint density at radius 3 is 2.86 bits per heavy atom. The summed E-state index contributed by atoms with van der Waals surface area (Å²) in [6.45, 7) is 1.14. The van der Waals surface area contributed by atoms with Crippen LogP contribution >= 0.6 is 11.3 Å². The van der Waals surface area contributed by atoms with E-state index in [-0.39, 0.29) is 36.4 Å². The minimum absolute atomic E-state index is 0.0119. The molecule has 114 valence electrons. The zero-order valence-electron chi connectivity index (χ0n) is 12.1. The van der Waals surface area contributed by atoms with Crippen molar-refractivity contribution in [1.82, 2.24) is 10.2 Å². The second kappa shape index (κ2) is 7.36. The molecule has 2 amide bonds. The van der Waals surface area contributed by atoms with E-state index in [0.29, 0.717) is 18.0 Å². The summed E-state index contributed by atoms with van der Waals surface area (Å²) in [5.41, 5.74) is 0. The number of amides is 2. The van der Waals surface area contributed by atoms with Crippen molar-refractivity contribution in [2.24, 2.45) is 5.92 Å². The van der Waals surface area contributed by atoms with Crippen molar-refractivity contribution < 1.29 is 14.4 Å². The first kappa shape index (κ1) is 15.7. The normalized spacial score (nSPS) is 18.3. The average Bonchev–Trinajstić information content (AvgIpc) is 3.06. The van der Waals surface area contributed by atoms with E-state index in [1.165, 1.54) is 11.3 Å². The minimum Gasteiger partial charge on any atom is -0.359 e. The van der Waals surface area contributed by atoms with E-state index in [9.17, 15) is 14.4 Å². The quantitative estimate of drug-likeness (QED) is 0.842. The molecule has 1 aliphatic heterocycles. The van der Waals surface area contributed by atoms with Gasteiger partial charge in [-0.3, -0.25) is 14.4 Å². The third-order valence-corrected chi connectivity index (χ3v) is 4.66. The first-order valence-electron chi connectivity index (χ1n) is 7.18. The predicted octanol–water partition coefficient (Wildman–Crippen LogP) is 1.70. The average molecular weight is 308 g/mol. The highest BCUT2D eigenvalue weighted by molar-refractivity contribution is 7.12. The fourth-order valence-electron chi connectivity index (χ4n) is 2.56. The maximum atomic E-state index is 12.2. The number of piperidine rings is 1. The maximum Gasteiger partial charge on any atom is 0.224 e. The third kappa shape index (κ3) is 4.14. The zero-order valence-corrected chi connectivity index (χ0v) is 12.9. The van der Waals surface area contributed by atoms with Crippen molar-refractivity contribution in [1.29, 1.82) is 0 Å². The van der Waals surface area contributed by atoms with Gasteiger partial charge < -0.3 is 10.2 Å². The summed E-state index contributed by atoms with van der Waals surface area (Å²) >= 11 is 1.40. The Balaban J connectivity index is 1.82. The van der Waals surface area contributed by atoms with Crippen molar-refractivity contribution in [2.75, 3.05) is 20.1 Å². The van der Waals surface area contributed by atoms with Crippen LogP contribution in [0.3, 0.4) is 0 Å². The topological polar surface area (TPSA) is 66.5 Å². The molecule has 1 aromatic heterocycles. The Bertz CT molecular complexity index is 513. The van der Waals surface area contributed by atoms with Gasteiger partial charge in [-0.05, 0) is 24.3 Å². The zero-order chi connectivity index (χ0) is 15.2. The van der Waals surface area contributed by atoms with Crippen molar-refractivity contribution in [3.8, 4) is 0 Å². The van der Waals surface area contributed by atoms with Gasteiger partial charge in [0.1, 0.15) is 0 Å². The minimum atomic E-state index is -0.124. The largest absolute Gasteiger partial charge is 0.359 e. The lowest BCUT2D eigenvalue weighted by Gasteiger charge is -2.31. The number of Topliss-reactive ketones (excluding diaryl/α,β-unsaturated/α-hetero) is 1. The van der Waals surface area contributed by atoms with Gasteiger partial charge in [-0.2, -0.15) is 0 Å². The van der Waals surface area contributed by atoms with E-state index in [2.05, 4.69) is 5.32 Å². The monoisotopic (exact) mass is 308 g/mol. The maximum absolute atomic E-state index is 12.2. The first-order valence-corrected chi connectivity index (χ1v) is 8.06. The molecule has 1 N–H and O–H groups in total. The lowest BCUT2D eigenvalue weighted by molar-refractivity contribution is -0.135. The summed E-state index contributed by atoms with van der Waals surface area (Å²) in [5.74, 6) is -0.158. The molecule has 1 atom stereocenters. The van der Waals surface area contributed by atoms with Crippen molar-refractivity contribution in [3.63, 3.8) is 0 Å². The number of hydrogen-bond donors (Lipinski definition) is 1. The molecule has 5 nitrogen and oxygen atoms in total. The smallest absolute Gasteiger partial charge is 0.224 e. The molecule has 1 saturated heterocycles. The van der Waals surface area contributed by atoms with Crippen molar-refractivity contribution in [2.45, 2.75) is 25.7 Å². The number of likely N-dealkylation sites (tertiary alicyclic amines) is 1. The van der Waals surface area contributed by atoms with Gasteiger partial charge in [-0.25, -0.2) is 0 Å². The highest BCUT2D eigenvalue weighted by Gasteiger charge is 2.27. The summed E-state index contributed by atoms with van der Waals surface area (Å²) in [7, 11) is 1.61. The second-order valence-electron chi connectivity index (χ2n) is 5.19. The number of nitrogens with one attached hydrogen (secondary N) is 1. The van der Waals surface area contributed by atoms with Crippen LogP contribution in [-0.4, -0.2) is 42.6 Å². The number of carbonyl (C=O) groups is 3. The highest BCUT2D eigenvalue weighted by Crippen LogP contribution is 2.18. The number of nitrogens with zero attached hydrogens (tertiary/aromatic N) is 1. The molecule has 2 heterocycles. The molecule has 21 heavy (non-hydrogen) atoms. The van der Waals surface area contributed by atoms with Crippen LogP contribution in [0.5, 0.6) is 0 Å². The van der Waals surface area contributed by atoms with Gasteiger partial charge in [0.05, 0.1) is 10.8 Å². The number of ketones is 1. The van der Waals surface area contributed by atoms with Gasteiger partial charge in [-0.1, -0.05) is 6.07 Å². The standard InChI is InChI=1S/C15H20N2O3S/c1-16-15(20)11-4-2-8-17(10-11)14(19)7-6-12(18)13-5-3-9-21-13/h3,5,9,11H,2,4,6-8,10H2,1H3,(H,16,20). The number of carbonyl (C=O) groups excluding carboxylic acids is 3. The molecule has 1 unspecified atom stereocenters. The second-order valence-corrected chi connectivity index (χ2v) is 6.14. The van der Waals surface area contributed by atoms with Crippen LogP contribution in [-0.2, 0) is 9.59 Å². The molecule has 0 saturated carbocycles. The SMILES string of the molecule is CNC(=O)C1CCCN(C(=O)CCC(=O)c2cccs2)C1. The van der Waals surface area contributed by atoms with Crippen LogP contribution in [0, 0.1) is 5.92 Å². The Kier molecular flexibility index (Phi) is 5.50. The lowest BCUT2D eigenvalue weighted by atomic mass is 9.97. The van der Waals surface area contributed by atoms with Crippen LogP contribution in [0.2, 0.25) is 0 Å². The molecule has 6 heteroatoms. The number of hydrogen-bond acceptors (Lipinski definition) is 4. The van der Waals surface area contributed by atoms with Gasteiger partial charge in [0, 0.05) is 33.0 Å². The molecule has 0 aliphatic carbocycles. The summed E-state index contributed by atoms with van der Waals surface area (Å²) in [5, 5.41) is 4.49. The molecular weight excluding hydrogens is 288 g/mol. The molecule has 1 aromatic rings. The van der Waals surface area contributed by atoms with Gasteiger partial charge in [0.25, 0.3) is 0 Å². The van der Waals surface area contributed by atoms with E-state index in [4.69, 9.17) is 0 Å². The van der Waals surface area contributed by atoms with Crippen LogP contribution in [0.25, 0.3) is 0 Å². The van der Waals surface area contributed by atoms with Crippen molar-refractivity contribution in [3.05, 3.63) is 22.4 Å². The van der Waals surface area contributed by atoms with Crippen molar-refractivity contribution >= 4 is 28.9 Å². The molecule has 0 aromatic carbocycles. The highest BCUT2D eigenvalue weighted by atomic mass is 32.1. The summed E-state index contributed by atoms with van der Waals surface area (Å²) < 4.78 is 0. The van der Waals surface area contributed by atoms with Gasteiger partial charge in [0.15, 0.2) is 5.78 Å². The Hall–Kier alpha value is -1.69. The molecule has 0 bridgehead atoms. The molecule has 1 aliphatic rings. The van der Waals surface area contributed by atoms with Crippen LogP contribution in [0.15, 0.2) is 17.5 Å². The molecule has 2 rings (SSSR count). The van der Waals surface area contributed by atoms with Gasteiger partial charge in [-0.15, -0.1) is 11.3 Å². The summed E-state index contributed by atoms with van der Waals surface area (Å²) in [6, 6.07) is 3.61. The van der Waals surface area contributed by atoms with Gasteiger partial charge >= 0.3 is 0 Å². The van der Waals surface area contributed by atoms with Gasteiger partial charge in [0.2, 0.25) is 11.8 Å². The van der Waals surface area contributed by atoms with E-state index in [0.717, 1.165) is 12.8 Å². The van der Waals surface area contributed by atoms with Crippen LogP contribution < -0.4 is 5.32 Å². The molecule has 1 fully saturated rings. The molecular formula is C15H20N2O3S. The Morgan fingerprint density at radius 2 is 2.19 bits per heavy atom. The van der Waals surface area contributed by atoms with E-state index in [1.807, 2.05) is 11.4 Å².